The summed E-state index contributed by atoms with van der Waals surface area (Å²) in [5.41, 5.74) is -0.435. The zero-order valence-electron chi connectivity index (χ0n) is 14.7. The van der Waals surface area contributed by atoms with Gasteiger partial charge >= 0.3 is 6.09 Å². The zero-order chi connectivity index (χ0) is 16.0. The second kappa shape index (κ2) is 8.02. The molecule has 0 aromatic carbocycles. The first-order valence-corrected chi connectivity index (χ1v) is 8.42. The number of nitrogens with zero attached hydrogens (tertiary/aromatic N) is 1. The van der Waals surface area contributed by atoms with Gasteiger partial charge < -0.3 is 15.0 Å². The molecule has 0 aliphatic heterocycles. The molecule has 4 heteroatoms. The first-order valence-electron chi connectivity index (χ1n) is 8.42. The molecule has 1 aliphatic carbocycles. The Balaban J connectivity index is 2.31. The van der Waals surface area contributed by atoms with E-state index in [4.69, 9.17) is 4.74 Å². The summed E-state index contributed by atoms with van der Waals surface area (Å²) < 4.78 is 5.47. The number of ether oxygens (including phenoxy) is 1. The van der Waals surface area contributed by atoms with Crippen LogP contribution in [0.1, 0.15) is 67.2 Å². The van der Waals surface area contributed by atoms with Gasteiger partial charge in [-0.05, 0) is 53.9 Å². The van der Waals surface area contributed by atoms with Crippen LogP contribution in [0.3, 0.4) is 0 Å². The average molecular weight is 298 g/mol. The Kier molecular flexibility index (Phi) is 6.98. The molecule has 1 fully saturated rings. The summed E-state index contributed by atoms with van der Waals surface area (Å²) in [6, 6.07) is 0.687. The Bertz CT molecular complexity index is 319. The highest BCUT2D eigenvalue weighted by Gasteiger charge is 2.24. The van der Waals surface area contributed by atoms with E-state index < -0.39 is 5.60 Å². The summed E-state index contributed by atoms with van der Waals surface area (Å²) in [7, 11) is 0. The van der Waals surface area contributed by atoms with Gasteiger partial charge in [0, 0.05) is 25.2 Å². The molecule has 1 unspecified atom stereocenters. The summed E-state index contributed by atoms with van der Waals surface area (Å²) in [6.07, 6.45) is 5.22. The zero-order valence-corrected chi connectivity index (χ0v) is 14.7. The third kappa shape index (κ3) is 7.16. The van der Waals surface area contributed by atoms with Gasteiger partial charge in [0.15, 0.2) is 0 Å². The molecule has 1 amide bonds. The van der Waals surface area contributed by atoms with Crippen LogP contribution < -0.4 is 5.32 Å². The highest BCUT2D eigenvalue weighted by atomic mass is 16.6. The number of carbonyl (C=O) groups is 1. The molecule has 1 saturated carbocycles. The summed E-state index contributed by atoms with van der Waals surface area (Å²) in [4.78, 5) is 14.0. The largest absolute Gasteiger partial charge is 0.444 e. The monoisotopic (exact) mass is 298 g/mol. The van der Waals surface area contributed by atoms with Gasteiger partial charge in [0.25, 0.3) is 0 Å². The van der Waals surface area contributed by atoms with Gasteiger partial charge in [-0.3, -0.25) is 0 Å². The molecule has 0 heterocycles. The lowest BCUT2D eigenvalue weighted by Gasteiger charge is -2.31. The molecule has 0 radical (unpaired) electrons. The molecule has 0 spiro atoms. The van der Waals surface area contributed by atoms with Crippen molar-refractivity contribution < 1.29 is 9.53 Å². The summed E-state index contributed by atoms with van der Waals surface area (Å²) in [5.74, 6) is 0.916. The molecular formula is C17H34N2O2. The fourth-order valence-electron chi connectivity index (χ4n) is 2.62. The van der Waals surface area contributed by atoms with Gasteiger partial charge in [0.05, 0.1) is 0 Å². The molecule has 1 atom stereocenters. The molecule has 0 bridgehead atoms. The fourth-order valence-corrected chi connectivity index (χ4v) is 2.62. The molecule has 0 aromatic heterocycles. The molecule has 0 saturated heterocycles. The van der Waals surface area contributed by atoms with Crippen molar-refractivity contribution >= 4 is 6.09 Å². The smallest absolute Gasteiger partial charge is 0.410 e. The first kappa shape index (κ1) is 18.3. The summed E-state index contributed by atoms with van der Waals surface area (Å²) in [5, 5.41) is 3.54. The minimum Gasteiger partial charge on any atom is -0.444 e. The van der Waals surface area contributed by atoms with Gasteiger partial charge in [-0.1, -0.05) is 19.3 Å². The van der Waals surface area contributed by atoms with E-state index in [2.05, 4.69) is 12.2 Å². The van der Waals surface area contributed by atoms with Crippen molar-refractivity contribution in [2.75, 3.05) is 13.1 Å². The minimum atomic E-state index is -0.435. The van der Waals surface area contributed by atoms with Gasteiger partial charge in [-0.2, -0.15) is 0 Å². The Labute approximate surface area is 130 Å². The SMILES string of the molecule is CC(CC1CCC1)NCCN(C(=O)OC(C)(C)C)C(C)C. The third-order valence-electron chi connectivity index (χ3n) is 4.01. The van der Waals surface area contributed by atoms with Crippen LogP contribution in [0.2, 0.25) is 0 Å². The average Bonchev–Trinajstić information content (AvgIpc) is 2.26. The maximum atomic E-state index is 12.2. The molecule has 1 aliphatic rings. The normalized spacial score (nSPS) is 17.5. The van der Waals surface area contributed by atoms with E-state index in [1.165, 1.54) is 25.7 Å². The van der Waals surface area contributed by atoms with Crippen LogP contribution >= 0.6 is 0 Å². The van der Waals surface area contributed by atoms with Crippen LogP contribution in [0.15, 0.2) is 0 Å². The van der Waals surface area contributed by atoms with Crippen LogP contribution in [0.4, 0.5) is 4.79 Å². The van der Waals surface area contributed by atoms with Crippen LogP contribution in [-0.2, 0) is 4.74 Å². The molecule has 1 rings (SSSR count). The van der Waals surface area contributed by atoms with E-state index in [1.807, 2.05) is 34.6 Å². The van der Waals surface area contributed by atoms with E-state index in [9.17, 15) is 4.79 Å². The lowest BCUT2D eigenvalue weighted by molar-refractivity contribution is 0.0192. The van der Waals surface area contributed by atoms with Crippen LogP contribution in [0.5, 0.6) is 0 Å². The summed E-state index contributed by atoms with van der Waals surface area (Å²) >= 11 is 0. The number of hydrogen-bond donors (Lipinski definition) is 1. The molecule has 1 N–H and O–H groups in total. The first-order chi connectivity index (χ1) is 9.69. The van der Waals surface area contributed by atoms with Crippen molar-refractivity contribution in [3.63, 3.8) is 0 Å². The van der Waals surface area contributed by atoms with Gasteiger partial charge in [-0.15, -0.1) is 0 Å². The Morgan fingerprint density at radius 1 is 1.29 bits per heavy atom. The predicted octanol–water partition coefficient (Wildman–Crippen LogP) is 3.80. The standard InChI is InChI=1S/C17H34N2O2/c1-13(2)19(16(20)21-17(4,5)6)11-10-18-14(3)12-15-8-7-9-15/h13-15,18H,7-12H2,1-6H3. The van der Waals surface area contributed by atoms with Crippen molar-refractivity contribution in [2.45, 2.75) is 84.9 Å². The van der Waals surface area contributed by atoms with Gasteiger partial charge in [0.2, 0.25) is 0 Å². The maximum Gasteiger partial charge on any atom is 0.410 e. The van der Waals surface area contributed by atoms with Crippen molar-refractivity contribution in [2.24, 2.45) is 5.92 Å². The van der Waals surface area contributed by atoms with Crippen molar-refractivity contribution in [1.29, 1.82) is 0 Å². The molecular weight excluding hydrogens is 264 g/mol. The van der Waals surface area contributed by atoms with Gasteiger partial charge in [0.1, 0.15) is 5.60 Å². The molecule has 124 valence electrons. The maximum absolute atomic E-state index is 12.2. The second-order valence-corrected chi connectivity index (χ2v) is 7.66. The van der Waals surface area contributed by atoms with E-state index in [0.717, 1.165) is 12.5 Å². The highest BCUT2D eigenvalue weighted by molar-refractivity contribution is 5.68. The summed E-state index contributed by atoms with van der Waals surface area (Å²) in [6.45, 7) is 13.5. The van der Waals surface area contributed by atoms with E-state index in [0.29, 0.717) is 12.6 Å². The molecule has 0 aromatic rings. The number of nitrogens with one attached hydrogen (secondary N) is 1. The minimum absolute atomic E-state index is 0.156. The third-order valence-corrected chi connectivity index (χ3v) is 4.01. The Morgan fingerprint density at radius 3 is 2.33 bits per heavy atom. The van der Waals surface area contributed by atoms with Crippen LogP contribution in [0, 0.1) is 5.92 Å². The Morgan fingerprint density at radius 2 is 1.90 bits per heavy atom. The van der Waals surface area contributed by atoms with Crippen molar-refractivity contribution in [3.8, 4) is 0 Å². The Hall–Kier alpha value is -0.770. The predicted molar refractivity (Wildman–Crippen MR) is 87.5 cm³/mol. The highest BCUT2D eigenvalue weighted by Crippen LogP contribution is 2.30. The van der Waals surface area contributed by atoms with Crippen molar-refractivity contribution in [1.82, 2.24) is 10.2 Å². The van der Waals surface area contributed by atoms with Crippen molar-refractivity contribution in [3.05, 3.63) is 0 Å². The molecule has 21 heavy (non-hydrogen) atoms. The lowest BCUT2D eigenvalue weighted by Crippen LogP contribution is -2.45. The number of hydrogen-bond acceptors (Lipinski definition) is 3. The molecule has 4 nitrogen and oxygen atoms in total. The lowest BCUT2D eigenvalue weighted by atomic mass is 9.81. The van der Waals surface area contributed by atoms with E-state index in [-0.39, 0.29) is 12.1 Å². The quantitative estimate of drug-likeness (QED) is 0.777. The van der Waals surface area contributed by atoms with Crippen LogP contribution in [0.25, 0.3) is 0 Å². The number of carbonyl (C=O) groups excluding carboxylic acids is 1. The number of amides is 1. The number of rotatable bonds is 7. The van der Waals surface area contributed by atoms with E-state index in [1.54, 1.807) is 4.90 Å². The fraction of sp³-hybridized carbons (Fsp3) is 0.941. The van der Waals surface area contributed by atoms with Crippen LogP contribution in [-0.4, -0.2) is 41.8 Å². The van der Waals surface area contributed by atoms with Gasteiger partial charge in [-0.25, -0.2) is 4.79 Å². The second-order valence-electron chi connectivity index (χ2n) is 7.66. The van der Waals surface area contributed by atoms with E-state index >= 15 is 0 Å². The topological polar surface area (TPSA) is 41.6 Å².